The number of rotatable bonds is 6. The van der Waals surface area contributed by atoms with Crippen molar-refractivity contribution in [3.63, 3.8) is 0 Å². The van der Waals surface area contributed by atoms with E-state index in [9.17, 15) is 0 Å². The Kier molecular flexibility index (Phi) is 5.69. The monoisotopic (exact) mass is 361 g/mol. The minimum atomic E-state index is 0.291. The molecule has 1 atom stereocenters. The van der Waals surface area contributed by atoms with E-state index in [0.717, 1.165) is 29.3 Å². The Hall–Kier alpha value is -2.95. The average molecular weight is 361 g/mol. The van der Waals surface area contributed by atoms with Gasteiger partial charge in [0.15, 0.2) is 0 Å². The van der Waals surface area contributed by atoms with Crippen LogP contribution in [0.4, 0.5) is 17.5 Å². The van der Waals surface area contributed by atoms with Gasteiger partial charge in [0.25, 0.3) is 0 Å². The summed E-state index contributed by atoms with van der Waals surface area (Å²) < 4.78 is 0. The molecule has 0 amide bonds. The van der Waals surface area contributed by atoms with Crippen LogP contribution in [0, 0.1) is 20.8 Å². The molecule has 0 radical (unpaired) electrons. The van der Waals surface area contributed by atoms with E-state index in [0.29, 0.717) is 12.0 Å². The molecule has 3 rings (SSSR count). The van der Waals surface area contributed by atoms with E-state index in [4.69, 9.17) is 0 Å². The Morgan fingerprint density at radius 2 is 1.70 bits per heavy atom. The number of hydrogen-bond donors (Lipinski definition) is 2. The molecule has 1 aromatic carbocycles. The van der Waals surface area contributed by atoms with E-state index in [2.05, 4.69) is 72.3 Å². The maximum absolute atomic E-state index is 4.69. The van der Waals surface area contributed by atoms with Crippen LogP contribution in [0.2, 0.25) is 0 Å². The number of hydrogen-bond acceptors (Lipinski definition) is 5. The highest BCUT2D eigenvalue weighted by Gasteiger charge is 2.11. The highest BCUT2D eigenvalue weighted by molar-refractivity contribution is 5.69. The third-order valence-electron chi connectivity index (χ3n) is 4.57. The normalized spacial score (nSPS) is 11.9. The van der Waals surface area contributed by atoms with E-state index in [1.54, 1.807) is 6.20 Å². The molecule has 27 heavy (non-hydrogen) atoms. The molecule has 0 unspecified atom stereocenters. The molecule has 0 spiro atoms. The molecular weight excluding hydrogens is 334 g/mol. The molecule has 0 saturated heterocycles. The largest absolute Gasteiger partial charge is 0.352 e. The van der Waals surface area contributed by atoms with Gasteiger partial charge in [0, 0.05) is 24.0 Å². The van der Waals surface area contributed by atoms with Crippen LogP contribution in [0.3, 0.4) is 0 Å². The van der Waals surface area contributed by atoms with Gasteiger partial charge in [-0.15, -0.1) is 0 Å². The Morgan fingerprint density at radius 3 is 2.33 bits per heavy atom. The third kappa shape index (κ3) is 4.61. The lowest BCUT2D eigenvalue weighted by Gasteiger charge is -2.16. The van der Waals surface area contributed by atoms with Crippen LogP contribution in [0.15, 0.2) is 42.6 Å². The summed E-state index contributed by atoms with van der Waals surface area (Å²) in [4.78, 5) is 13.8. The molecule has 3 aromatic rings. The van der Waals surface area contributed by atoms with Crippen LogP contribution in [-0.2, 0) is 0 Å². The minimum absolute atomic E-state index is 0.291. The van der Waals surface area contributed by atoms with E-state index in [1.807, 2.05) is 24.3 Å². The fourth-order valence-corrected chi connectivity index (χ4v) is 3.05. The Morgan fingerprint density at radius 1 is 0.963 bits per heavy atom. The van der Waals surface area contributed by atoms with Crippen LogP contribution in [0.1, 0.15) is 37.0 Å². The zero-order valence-corrected chi connectivity index (χ0v) is 16.7. The molecule has 0 bridgehead atoms. The van der Waals surface area contributed by atoms with Crippen LogP contribution < -0.4 is 10.6 Å². The van der Waals surface area contributed by atoms with Crippen molar-refractivity contribution in [2.24, 2.45) is 0 Å². The first kappa shape index (κ1) is 18.8. The summed E-state index contributed by atoms with van der Waals surface area (Å²) >= 11 is 0. The van der Waals surface area contributed by atoms with Gasteiger partial charge < -0.3 is 10.6 Å². The molecule has 2 heterocycles. The summed E-state index contributed by atoms with van der Waals surface area (Å²) in [5.41, 5.74) is 6.35. The summed E-state index contributed by atoms with van der Waals surface area (Å²) in [6, 6.07) is 12.4. The van der Waals surface area contributed by atoms with Crippen LogP contribution in [-0.4, -0.2) is 21.0 Å². The van der Waals surface area contributed by atoms with Gasteiger partial charge in [-0.05, 0) is 57.4 Å². The van der Waals surface area contributed by atoms with Gasteiger partial charge >= 0.3 is 0 Å². The van der Waals surface area contributed by atoms with Crippen molar-refractivity contribution < 1.29 is 0 Å². The van der Waals surface area contributed by atoms with E-state index in [1.165, 1.54) is 16.7 Å². The maximum atomic E-state index is 4.69. The van der Waals surface area contributed by atoms with Crippen molar-refractivity contribution in [2.45, 2.75) is 47.1 Å². The fraction of sp³-hybridized carbons (Fsp3) is 0.318. The fourth-order valence-electron chi connectivity index (χ4n) is 3.05. The van der Waals surface area contributed by atoms with Gasteiger partial charge in [0.05, 0.1) is 11.4 Å². The molecule has 2 aromatic heterocycles. The summed E-state index contributed by atoms with van der Waals surface area (Å²) in [6.45, 7) is 10.6. The first-order valence-electron chi connectivity index (χ1n) is 9.38. The first-order chi connectivity index (χ1) is 13.0. The molecule has 140 valence electrons. The second kappa shape index (κ2) is 8.16. The maximum Gasteiger partial charge on any atom is 0.225 e. The highest BCUT2D eigenvalue weighted by Crippen LogP contribution is 2.27. The van der Waals surface area contributed by atoms with Gasteiger partial charge in [-0.25, -0.2) is 4.98 Å². The minimum Gasteiger partial charge on any atom is -0.352 e. The zero-order chi connectivity index (χ0) is 19.4. The summed E-state index contributed by atoms with van der Waals surface area (Å²) in [5, 5.41) is 6.87. The number of aromatic nitrogens is 3. The Balaban J connectivity index is 2.02. The smallest absolute Gasteiger partial charge is 0.225 e. The molecule has 0 aliphatic heterocycles. The van der Waals surface area contributed by atoms with Crippen molar-refractivity contribution in [3.8, 4) is 11.4 Å². The van der Waals surface area contributed by atoms with Crippen LogP contribution >= 0.6 is 0 Å². The molecule has 0 fully saturated rings. The molecule has 5 heteroatoms. The van der Waals surface area contributed by atoms with Crippen LogP contribution in [0.5, 0.6) is 0 Å². The molecule has 0 aliphatic carbocycles. The van der Waals surface area contributed by atoms with E-state index < -0.39 is 0 Å². The van der Waals surface area contributed by atoms with Crippen molar-refractivity contribution in [1.82, 2.24) is 15.0 Å². The lowest BCUT2D eigenvalue weighted by Crippen LogP contribution is -2.16. The van der Waals surface area contributed by atoms with Crippen LogP contribution in [0.25, 0.3) is 11.4 Å². The number of nitrogens with one attached hydrogen (secondary N) is 2. The topological polar surface area (TPSA) is 62.7 Å². The van der Waals surface area contributed by atoms with E-state index in [-0.39, 0.29) is 0 Å². The van der Waals surface area contributed by atoms with E-state index >= 15 is 0 Å². The molecule has 5 nitrogen and oxygen atoms in total. The zero-order valence-electron chi connectivity index (χ0n) is 16.7. The second-order valence-corrected chi connectivity index (χ2v) is 7.03. The van der Waals surface area contributed by atoms with Gasteiger partial charge in [-0.3, -0.25) is 4.98 Å². The number of nitrogens with zero attached hydrogens (tertiary/aromatic N) is 3. The average Bonchev–Trinajstić information content (AvgIpc) is 2.65. The summed E-state index contributed by atoms with van der Waals surface area (Å²) in [5.74, 6) is 1.36. The van der Waals surface area contributed by atoms with Gasteiger partial charge in [0.1, 0.15) is 5.82 Å². The third-order valence-corrected chi connectivity index (χ3v) is 4.57. The Labute approximate surface area is 161 Å². The molecule has 0 saturated carbocycles. The predicted octanol–water partition coefficient (Wildman–Crippen LogP) is 5.42. The quantitative estimate of drug-likeness (QED) is 0.614. The lowest BCUT2D eigenvalue weighted by molar-refractivity contribution is 0.753. The van der Waals surface area contributed by atoms with Gasteiger partial charge in [-0.2, -0.15) is 4.98 Å². The van der Waals surface area contributed by atoms with Gasteiger partial charge in [0.2, 0.25) is 5.95 Å². The van der Waals surface area contributed by atoms with Crippen molar-refractivity contribution in [3.05, 3.63) is 59.3 Å². The number of benzene rings is 1. The van der Waals surface area contributed by atoms with Crippen molar-refractivity contribution >= 4 is 17.5 Å². The van der Waals surface area contributed by atoms with Crippen molar-refractivity contribution in [2.75, 3.05) is 10.6 Å². The Bertz CT molecular complexity index is 898. The first-order valence-corrected chi connectivity index (χ1v) is 9.38. The molecular formula is C22H27N5. The lowest BCUT2D eigenvalue weighted by atomic mass is 10.1. The summed E-state index contributed by atoms with van der Waals surface area (Å²) in [7, 11) is 0. The summed E-state index contributed by atoms with van der Waals surface area (Å²) in [6.07, 6.45) is 2.77. The number of aryl methyl sites for hydroxylation is 3. The SMILES string of the molecule is CC[C@@H](C)Nc1nc(Nc2c(C)cc(C)cc2C)cc(-c2ccccn2)n1. The van der Waals surface area contributed by atoms with Gasteiger partial charge in [-0.1, -0.05) is 30.7 Å². The number of pyridine rings is 1. The molecule has 2 N–H and O–H groups in total. The molecule has 0 aliphatic rings. The second-order valence-electron chi connectivity index (χ2n) is 7.03. The standard InChI is InChI=1S/C22H27N5/c1-6-17(5)24-22-25-19(18-9-7-8-10-23-18)13-20(27-22)26-21-15(3)11-14(2)12-16(21)4/h7-13,17H,6H2,1-5H3,(H2,24,25,26,27)/t17-/m1/s1. The highest BCUT2D eigenvalue weighted by atomic mass is 15.2. The number of anilines is 3. The predicted molar refractivity (Wildman–Crippen MR) is 113 cm³/mol. The van der Waals surface area contributed by atoms with Crippen molar-refractivity contribution in [1.29, 1.82) is 0 Å².